The van der Waals surface area contributed by atoms with Gasteiger partial charge in [0.2, 0.25) is 0 Å². The van der Waals surface area contributed by atoms with E-state index in [9.17, 15) is 9.59 Å². The number of para-hydroxylation sites is 1. The zero-order valence-electron chi connectivity index (χ0n) is 15.0. The van der Waals surface area contributed by atoms with Gasteiger partial charge in [-0.2, -0.15) is 5.26 Å². The van der Waals surface area contributed by atoms with E-state index in [1.807, 2.05) is 18.4 Å². The van der Waals surface area contributed by atoms with Gasteiger partial charge in [-0.05, 0) is 43.5 Å². The van der Waals surface area contributed by atoms with Gasteiger partial charge in [0.05, 0.1) is 23.1 Å². The fraction of sp³-hybridized carbons (Fsp3) is 0.250. The number of esters is 1. The summed E-state index contributed by atoms with van der Waals surface area (Å²) in [7, 11) is 0. The zero-order valence-corrected chi connectivity index (χ0v) is 16.6. The number of carbonyl (C=O) groups is 2. The number of thioether (sulfide) groups is 1. The summed E-state index contributed by atoms with van der Waals surface area (Å²) < 4.78 is 5.35. The van der Waals surface area contributed by atoms with E-state index in [4.69, 9.17) is 21.6 Å². The maximum atomic E-state index is 12.8. The van der Waals surface area contributed by atoms with E-state index < -0.39 is 18.0 Å². The molecule has 0 saturated carbocycles. The third-order valence-electron chi connectivity index (χ3n) is 3.81. The monoisotopic (exact) mass is 402 g/mol. The van der Waals surface area contributed by atoms with E-state index >= 15 is 0 Å². The lowest BCUT2D eigenvalue weighted by Crippen LogP contribution is -2.40. The Hall–Kier alpha value is -2.49. The van der Waals surface area contributed by atoms with Gasteiger partial charge in [-0.1, -0.05) is 29.8 Å². The molecule has 0 fully saturated rings. The number of ether oxygens (including phenoxy) is 1. The standard InChI is InChI=1S/C20H19ClN2O3S/c1-14(26-20(25)17-13-16(27-2)9-10-18(17)21)19(24)23(12-6-11-22)15-7-4-3-5-8-15/h3-5,7-10,13-14H,6,12H2,1-2H3. The highest BCUT2D eigenvalue weighted by Crippen LogP contribution is 2.24. The average Bonchev–Trinajstić information content (AvgIpc) is 2.69. The molecular weight excluding hydrogens is 384 g/mol. The van der Waals surface area contributed by atoms with Crippen molar-refractivity contribution in [2.75, 3.05) is 17.7 Å². The van der Waals surface area contributed by atoms with Crippen molar-refractivity contribution in [3.63, 3.8) is 0 Å². The highest BCUT2D eigenvalue weighted by atomic mass is 35.5. The number of nitrogens with zero attached hydrogens (tertiary/aromatic N) is 2. The van der Waals surface area contributed by atoms with E-state index in [2.05, 4.69) is 0 Å². The number of anilines is 1. The van der Waals surface area contributed by atoms with Gasteiger partial charge in [0.1, 0.15) is 0 Å². The fourth-order valence-corrected chi connectivity index (χ4v) is 3.05. The summed E-state index contributed by atoms with van der Waals surface area (Å²) in [6, 6.07) is 16.1. The summed E-state index contributed by atoms with van der Waals surface area (Å²) in [6.45, 7) is 1.72. The maximum Gasteiger partial charge on any atom is 0.340 e. The van der Waals surface area contributed by atoms with Crippen molar-refractivity contribution in [3.05, 3.63) is 59.1 Å². The van der Waals surface area contributed by atoms with Gasteiger partial charge in [0.25, 0.3) is 5.91 Å². The molecule has 5 nitrogen and oxygen atoms in total. The third kappa shape index (κ3) is 5.49. The van der Waals surface area contributed by atoms with Crippen molar-refractivity contribution < 1.29 is 14.3 Å². The first-order valence-corrected chi connectivity index (χ1v) is 9.86. The predicted octanol–water partition coefficient (Wildman–Crippen LogP) is 4.55. The topological polar surface area (TPSA) is 70.4 Å². The molecule has 2 aromatic carbocycles. The van der Waals surface area contributed by atoms with Crippen LogP contribution in [0.3, 0.4) is 0 Å². The van der Waals surface area contributed by atoms with Crippen molar-refractivity contribution in [2.24, 2.45) is 0 Å². The molecule has 1 amide bonds. The summed E-state index contributed by atoms with van der Waals surface area (Å²) in [6.07, 6.45) is 1.03. The smallest absolute Gasteiger partial charge is 0.340 e. The van der Waals surface area contributed by atoms with E-state index in [0.717, 1.165) is 4.90 Å². The maximum absolute atomic E-state index is 12.8. The van der Waals surface area contributed by atoms with Crippen LogP contribution in [0.25, 0.3) is 0 Å². The zero-order chi connectivity index (χ0) is 19.8. The first kappa shape index (κ1) is 20.8. The molecule has 0 aliphatic heterocycles. The van der Waals surface area contributed by atoms with Gasteiger partial charge >= 0.3 is 5.97 Å². The molecule has 0 aromatic heterocycles. The Bertz CT molecular complexity index is 852. The number of carbonyl (C=O) groups excluding carboxylic acids is 2. The second-order valence-corrected chi connectivity index (χ2v) is 6.91. The van der Waals surface area contributed by atoms with Gasteiger partial charge < -0.3 is 9.64 Å². The number of nitriles is 1. The second kappa shape index (κ2) is 10.0. The third-order valence-corrected chi connectivity index (χ3v) is 4.86. The van der Waals surface area contributed by atoms with Crippen LogP contribution in [0.1, 0.15) is 23.7 Å². The van der Waals surface area contributed by atoms with Gasteiger partial charge in [0, 0.05) is 17.1 Å². The molecule has 0 heterocycles. The lowest BCUT2D eigenvalue weighted by atomic mass is 10.2. The van der Waals surface area contributed by atoms with Crippen LogP contribution >= 0.6 is 23.4 Å². The molecule has 0 aliphatic carbocycles. The molecule has 2 aromatic rings. The summed E-state index contributed by atoms with van der Waals surface area (Å²) >= 11 is 7.57. The lowest BCUT2D eigenvalue weighted by Gasteiger charge is -2.25. The minimum atomic E-state index is -1.02. The van der Waals surface area contributed by atoms with Crippen molar-refractivity contribution in [2.45, 2.75) is 24.3 Å². The molecule has 1 unspecified atom stereocenters. The number of amides is 1. The van der Waals surface area contributed by atoms with Crippen LogP contribution in [0.15, 0.2) is 53.4 Å². The molecule has 0 bridgehead atoms. The molecule has 0 aliphatic rings. The number of halogens is 1. The number of benzene rings is 2. The second-order valence-electron chi connectivity index (χ2n) is 5.63. The van der Waals surface area contributed by atoms with E-state index in [1.165, 1.54) is 23.6 Å². The molecule has 140 valence electrons. The normalized spacial score (nSPS) is 11.3. The Labute approximate surface area is 167 Å². The Morgan fingerprint density at radius 1 is 1.26 bits per heavy atom. The van der Waals surface area contributed by atoms with Gasteiger partial charge in [-0.15, -0.1) is 11.8 Å². The number of hydrogen-bond acceptors (Lipinski definition) is 5. The molecule has 27 heavy (non-hydrogen) atoms. The summed E-state index contributed by atoms with van der Waals surface area (Å²) in [5.41, 5.74) is 0.856. The SMILES string of the molecule is CSc1ccc(Cl)c(C(=O)OC(C)C(=O)N(CCC#N)c2ccccc2)c1. The van der Waals surface area contributed by atoms with E-state index in [1.54, 1.807) is 42.5 Å². The highest BCUT2D eigenvalue weighted by Gasteiger charge is 2.26. The van der Waals surface area contributed by atoms with Crippen LogP contribution in [0.2, 0.25) is 5.02 Å². The Morgan fingerprint density at radius 2 is 1.96 bits per heavy atom. The first-order valence-electron chi connectivity index (χ1n) is 8.25. The molecule has 0 spiro atoms. The minimum absolute atomic E-state index is 0.170. The molecule has 0 radical (unpaired) electrons. The van der Waals surface area contributed by atoms with Crippen LogP contribution in [-0.2, 0) is 9.53 Å². The van der Waals surface area contributed by atoms with Crippen molar-refractivity contribution in [1.29, 1.82) is 5.26 Å². The fourth-order valence-electron chi connectivity index (χ4n) is 2.42. The van der Waals surface area contributed by atoms with E-state index in [-0.39, 0.29) is 23.6 Å². The van der Waals surface area contributed by atoms with Crippen LogP contribution in [-0.4, -0.2) is 30.8 Å². The minimum Gasteiger partial charge on any atom is -0.449 e. The molecule has 1 atom stereocenters. The van der Waals surface area contributed by atoms with Crippen molar-refractivity contribution in [3.8, 4) is 6.07 Å². The van der Waals surface area contributed by atoms with Gasteiger partial charge in [-0.25, -0.2) is 4.79 Å². The van der Waals surface area contributed by atoms with Crippen LogP contribution in [0, 0.1) is 11.3 Å². The van der Waals surface area contributed by atoms with Crippen LogP contribution < -0.4 is 4.90 Å². The molecule has 0 N–H and O–H groups in total. The number of hydrogen-bond donors (Lipinski definition) is 0. The number of rotatable bonds is 7. The van der Waals surface area contributed by atoms with Crippen LogP contribution in [0.5, 0.6) is 0 Å². The van der Waals surface area contributed by atoms with Crippen molar-refractivity contribution >= 4 is 40.9 Å². The largest absolute Gasteiger partial charge is 0.449 e. The van der Waals surface area contributed by atoms with Crippen molar-refractivity contribution in [1.82, 2.24) is 0 Å². The molecular formula is C20H19ClN2O3S. The molecule has 0 saturated heterocycles. The Kier molecular flexibility index (Phi) is 7.71. The predicted molar refractivity (Wildman–Crippen MR) is 107 cm³/mol. The summed E-state index contributed by atoms with van der Waals surface area (Å²) in [5.74, 6) is -1.06. The Balaban J connectivity index is 2.17. The lowest BCUT2D eigenvalue weighted by molar-refractivity contribution is -0.126. The quantitative estimate of drug-likeness (QED) is 0.501. The summed E-state index contributed by atoms with van der Waals surface area (Å²) in [5, 5.41) is 9.13. The summed E-state index contributed by atoms with van der Waals surface area (Å²) in [4.78, 5) is 27.6. The molecule has 7 heteroatoms. The highest BCUT2D eigenvalue weighted by molar-refractivity contribution is 7.98. The van der Waals surface area contributed by atoms with Gasteiger partial charge in [-0.3, -0.25) is 4.79 Å². The first-order chi connectivity index (χ1) is 13.0. The van der Waals surface area contributed by atoms with E-state index in [0.29, 0.717) is 5.69 Å². The molecule has 2 rings (SSSR count). The van der Waals surface area contributed by atoms with Gasteiger partial charge in [0.15, 0.2) is 6.10 Å². The van der Waals surface area contributed by atoms with Crippen LogP contribution in [0.4, 0.5) is 5.69 Å². The Morgan fingerprint density at radius 3 is 2.59 bits per heavy atom. The average molecular weight is 403 g/mol.